The van der Waals surface area contributed by atoms with Crippen LogP contribution in [0.15, 0.2) is 18.2 Å². The molecule has 1 aromatic carbocycles. The molecule has 3 rings (SSSR count). The molecule has 0 spiro atoms. The Morgan fingerprint density at radius 2 is 1.96 bits per heavy atom. The normalized spacial score (nSPS) is 25.6. The maximum absolute atomic E-state index is 12.3. The minimum absolute atomic E-state index is 0. The van der Waals surface area contributed by atoms with Crippen LogP contribution in [0.4, 0.5) is 0 Å². The first-order chi connectivity index (χ1) is 10.5. The van der Waals surface area contributed by atoms with Crippen LogP contribution in [0.2, 0.25) is 10.0 Å². The van der Waals surface area contributed by atoms with Crippen LogP contribution in [0.5, 0.6) is 5.75 Å². The number of nitrogens with zero attached hydrogens (tertiary/aromatic N) is 1. The molecule has 2 unspecified atom stereocenters. The third-order valence-corrected chi connectivity index (χ3v) is 5.16. The largest absolute Gasteiger partial charge is 0.482 e. The molecule has 2 heterocycles. The Morgan fingerprint density at radius 1 is 1.30 bits per heavy atom. The van der Waals surface area contributed by atoms with Crippen molar-refractivity contribution < 1.29 is 9.53 Å². The third-order valence-electron chi connectivity index (χ3n) is 4.63. The molecule has 2 fully saturated rings. The molecule has 0 aliphatic carbocycles. The Bertz CT molecular complexity index is 558. The van der Waals surface area contributed by atoms with Crippen molar-refractivity contribution in [3.8, 4) is 5.75 Å². The van der Waals surface area contributed by atoms with Crippen molar-refractivity contribution in [1.29, 1.82) is 0 Å². The van der Waals surface area contributed by atoms with E-state index in [4.69, 9.17) is 27.9 Å². The van der Waals surface area contributed by atoms with Gasteiger partial charge in [0.2, 0.25) is 0 Å². The number of ether oxygens (including phenoxy) is 1. The first-order valence-corrected chi connectivity index (χ1v) is 8.38. The highest BCUT2D eigenvalue weighted by Crippen LogP contribution is 2.30. The standard InChI is InChI=1S/C16H20Cl2N2O2.ClH/c1-20(13-7-11-3-4-12(8-13)19-11)16(21)9-22-15-5-2-10(17)6-14(15)18;/h2,5-6,11-13,19H,3-4,7-9H2,1H3;1H. The van der Waals surface area contributed by atoms with E-state index in [2.05, 4.69) is 5.32 Å². The van der Waals surface area contributed by atoms with E-state index in [1.54, 1.807) is 18.2 Å². The van der Waals surface area contributed by atoms with Gasteiger partial charge in [0.1, 0.15) is 5.75 Å². The van der Waals surface area contributed by atoms with Crippen molar-refractivity contribution in [2.24, 2.45) is 0 Å². The van der Waals surface area contributed by atoms with Gasteiger partial charge in [-0.05, 0) is 43.9 Å². The quantitative estimate of drug-likeness (QED) is 0.870. The Kier molecular flexibility index (Phi) is 6.43. The summed E-state index contributed by atoms with van der Waals surface area (Å²) in [4.78, 5) is 14.2. The summed E-state index contributed by atoms with van der Waals surface area (Å²) >= 11 is 11.9. The van der Waals surface area contributed by atoms with E-state index >= 15 is 0 Å². The summed E-state index contributed by atoms with van der Waals surface area (Å²) in [6, 6.07) is 6.41. The number of likely N-dealkylation sites (N-methyl/N-ethyl adjacent to an activating group) is 1. The van der Waals surface area contributed by atoms with Crippen molar-refractivity contribution in [1.82, 2.24) is 10.2 Å². The summed E-state index contributed by atoms with van der Waals surface area (Å²) in [7, 11) is 1.87. The highest BCUT2D eigenvalue weighted by atomic mass is 35.5. The number of hydrogen-bond donors (Lipinski definition) is 1. The van der Waals surface area contributed by atoms with Crippen LogP contribution in [-0.4, -0.2) is 42.6 Å². The number of rotatable bonds is 4. The predicted molar refractivity (Wildman–Crippen MR) is 94.9 cm³/mol. The lowest BCUT2D eigenvalue weighted by molar-refractivity contribution is -0.134. The van der Waals surface area contributed by atoms with Crippen LogP contribution in [0.3, 0.4) is 0 Å². The Balaban J connectivity index is 0.00000192. The topological polar surface area (TPSA) is 41.6 Å². The second-order valence-electron chi connectivity index (χ2n) is 6.13. The summed E-state index contributed by atoms with van der Waals surface area (Å²) in [5, 5.41) is 4.55. The number of fused-ring (bicyclic) bond motifs is 2. The second kappa shape index (κ2) is 7.93. The minimum atomic E-state index is -0.0164. The lowest BCUT2D eigenvalue weighted by Crippen LogP contribution is -2.49. The van der Waals surface area contributed by atoms with Gasteiger partial charge in [0.05, 0.1) is 5.02 Å². The lowest BCUT2D eigenvalue weighted by Gasteiger charge is -2.35. The van der Waals surface area contributed by atoms with Crippen LogP contribution in [0, 0.1) is 0 Å². The fourth-order valence-electron chi connectivity index (χ4n) is 3.38. The van der Waals surface area contributed by atoms with Gasteiger partial charge < -0.3 is 15.0 Å². The minimum Gasteiger partial charge on any atom is -0.482 e. The summed E-state index contributed by atoms with van der Waals surface area (Å²) in [5.41, 5.74) is 0. The van der Waals surface area contributed by atoms with Crippen LogP contribution < -0.4 is 10.1 Å². The molecule has 0 radical (unpaired) electrons. The van der Waals surface area contributed by atoms with Gasteiger partial charge >= 0.3 is 0 Å². The smallest absolute Gasteiger partial charge is 0.260 e. The SMILES string of the molecule is CN(C(=O)COc1ccc(Cl)cc1Cl)C1CC2CCC(C1)N2.Cl. The van der Waals surface area contributed by atoms with E-state index in [0.717, 1.165) is 12.8 Å². The van der Waals surface area contributed by atoms with Gasteiger partial charge in [-0.3, -0.25) is 4.79 Å². The van der Waals surface area contributed by atoms with E-state index in [1.165, 1.54) is 12.8 Å². The molecule has 2 aliphatic heterocycles. The maximum Gasteiger partial charge on any atom is 0.260 e. The van der Waals surface area contributed by atoms with Gasteiger partial charge in [-0.25, -0.2) is 0 Å². The number of carbonyl (C=O) groups excluding carboxylic acids is 1. The molecule has 4 nitrogen and oxygen atoms in total. The number of nitrogens with one attached hydrogen (secondary N) is 1. The molecule has 128 valence electrons. The molecule has 23 heavy (non-hydrogen) atoms. The van der Waals surface area contributed by atoms with Gasteiger partial charge in [0, 0.05) is 30.2 Å². The van der Waals surface area contributed by atoms with Gasteiger partial charge in [0.25, 0.3) is 5.91 Å². The number of benzene rings is 1. The van der Waals surface area contributed by atoms with Crippen LogP contribution >= 0.6 is 35.6 Å². The third kappa shape index (κ3) is 4.44. The summed E-state index contributed by atoms with van der Waals surface area (Å²) < 4.78 is 5.54. The molecule has 2 aliphatic rings. The molecule has 1 aromatic rings. The van der Waals surface area contributed by atoms with Crippen molar-refractivity contribution >= 4 is 41.5 Å². The fraction of sp³-hybridized carbons (Fsp3) is 0.562. The number of hydrogen-bond acceptors (Lipinski definition) is 3. The number of carbonyl (C=O) groups is 1. The number of halogens is 3. The second-order valence-corrected chi connectivity index (χ2v) is 6.97. The predicted octanol–water partition coefficient (Wildman–Crippen LogP) is 3.54. The van der Waals surface area contributed by atoms with E-state index in [-0.39, 0.29) is 24.9 Å². The van der Waals surface area contributed by atoms with Gasteiger partial charge in [-0.15, -0.1) is 12.4 Å². The number of piperidine rings is 1. The summed E-state index contributed by atoms with van der Waals surface area (Å²) in [5.74, 6) is 0.468. The van der Waals surface area contributed by atoms with Gasteiger partial charge in [0.15, 0.2) is 6.61 Å². The van der Waals surface area contributed by atoms with Crippen LogP contribution in [-0.2, 0) is 4.79 Å². The van der Waals surface area contributed by atoms with E-state index in [1.807, 2.05) is 11.9 Å². The number of amides is 1. The molecule has 2 saturated heterocycles. The Morgan fingerprint density at radius 3 is 2.57 bits per heavy atom. The molecule has 0 saturated carbocycles. The van der Waals surface area contributed by atoms with Crippen molar-refractivity contribution in [2.75, 3.05) is 13.7 Å². The van der Waals surface area contributed by atoms with Crippen LogP contribution in [0.1, 0.15) is 25.7 Å². The molecule has 2 bridgehead atoms. The Hall–Kier alpha value is -0.680. The molecule has 0 aromatic heterocycles. The first kappa shape index (κ1) is 18.7. The Labute approximate surface area is 152 Å². The zero-order valence-electron chi connectivity index (χ0n) is 12.9. The zero-order valence-corrected chi connectivity index (χ0v) is 15.3. The average molecular weight is 380 g/mol. The van der Waals surface area contributed by atoms with E-state index in [0.29, 0.717) is 33.9 Å². The highest BCUT2D eigenvalue weighted by molar-refractivity contribution is 6.35. The molecule has 1 N–H and O–H groups in total. The van der Waals surface area contributed by atoms with E-state index in [9.17, 15) is 4.79 Å². The molecule has 7 heteroatoms. The highest BCUT2D eigenvalue weighted by Gasteiger charge is 2.36. The van der Waals surface area contributed by atoms with Gasteiger partial charge in [-0.2, -0.15) is 0 Å². The monoisotopic (exact) mass is 378 g/mol. The average Bonchev–Trinajstić information content (AvgIpc) is 2.83. The van der Waals surface area contributed by atoms with Crippen LogP contribution in [0.25, 0.3) is 0 Å². The van der Waals surface area contributed by atoms with Gasteiger partial charge in [-0.1, -0.05) is 23.2 Å². The van der Waals surface area contributed by atoms with Crippen molar-refractivity contribution in [2.45, 2.75) is 43.8 Å². The van der Waals surface area contributed by atoms with E-state index < -0.39 is 0 Å². The molecule has 2 atom stereocenters. The van der Waals surface area contributed by atoms with Crippen molar-refractivity contribution in [3.05, 3.63) is 28.2 Å². The fourth-order valence-corrected chi connectivity index (χ4v) is 3.84. The summed E-state index contributed by atoms with van der Waals surface area (Å²) in [6.07, 6.45) is 4.50. The first-order valence-electron chi connectivity index (χ1n) is 7.62. The molecular weight excluding hydrogens is 359 g/mol. The van der Waals surface area contributed by atoms with Crippen molar-refractivity contribution in [3.63, 3.8) is 0 Å². The zero-order chi connectivity index (χ0) is 15.7. The molecule has 1 amide bonds. The summed E-state index contributed by atoms with van der Waals surface area (Å²) in [6.45, 7) is -0.00286. The molecular formula is C16H21Cl3N2O2. The maximum atomic E-state index is 12.3. The lowest BCUT2D eigenvalue weighted by atomic mass is 9.98.